The molecule has 0 unspecified atom stereocenters. The third-order valence-corrected chi connectivity index (χ3v) is 3.45. The maximum atomic E-state index is 5.81. The van der Waals surface area contributed by atoms with Crippen LogP contribution in [0.3, 0.4) is 0 Å². The molecule has 2 rings (SSSR count). The van der Waals surface area contributed by atoms with Crippen LogP contribution in [0.4, 0.5) is 0 Å². The zero-order valence-electron chi connectivity index (χ0n) is 11.8. The predicted octanol–water partition coefficient (Wildman–Crippen LogP) is 4.62. The highest BCUT2D eigenvalue weighted by atomic mass is 79.9. The molecule has 0 amide bonds. The third kappa shape index (κ3) is 3.70. The van der Waals surface area contributed by atoms with E-state index in [1.165, 1.54) is 0 Å². The average molecular weight is 347 g/mol. The van der Waals surface area contributed by atoms with Crippen LogP contribution in [-0.4, -0.2) is 17.1 Å². The maximum Gasteiger partial charge on any atom is 0.227 e. The summed E-state index contributed by atoms with van der Waals surface area (Å²) in [5, 5.41) is 0. The van der Waals surface area contributed by atoms with E-state index in [1.807, 2.05) is 25.1 Å². The summed E-state index contributed by atoms with van der Waals surface area (Å²) in [5.74, 6) is 1.79. The van der Waals surface area contributed by atoms with Gasteiger partial charge >= 0.3 is 0 Å². The summed E-state index contributed by atoms with van der Waals surface area (Å²) in [7, 11) is 1.58. The second-order valence-corrected chi connectivity index (χ2v) is 4.99. The Morgan fingerprint density at radius 3 is 2.86 bits per heavy atom. The van der Waals surface area contributed by atoms with E-state index in [4.69, 9.17) is 9.15 Å². The van der Waals surface area contributed by atoms with E-state index in [2.05, 4.69) is 32.5 Å². The van der Waals surface area contributed by atoms with Crippen molar-refractivity contribution in [3.63, 3.8) is 0 Å². The molecule has 0 aliphatic rings. The van der Waals surface area contributed by atoms with Gasteiger partial charge in [0.2, 0.25) is 5.89 Å². The lowest BCUT2D eigenvalue weighted by Gasteiger charge is -2.00. The van der Waals surface area contributed by atoms with Gasteiger partial charge in [-0.15, -0.1) is 0 Å². The Bertz CT molecular complexity index is 702. The lowest BCUT2D eigenvalue weighted by atomic mass is 10.2. The molecule has 2 heterocycles. The van der Waals surface area contributed by atoms with Gasteiger partial charge in [0.15, 0.2) is 5.76 Å². The molecule has 0 spiro atoms. The molecule has 108 valence electrons. The first kappa shape index (κ1) is 15.3. The number of nitrogens with zero attached hydrogens (tertiary/aromatic N) is 2. The largest absolute Gasteiger partial charge is 0.497 e. The highest BCUT2D eigenvalue weighted by molar-refractivity contribution is 9.10. The number of hydrogen-bond donors (Lipinski definition) is 0. The molecule has 0 bridgehead atoms. The zero-order chi connectivity index (χ0) is 15.2. The van der Waals surface area contributed by atoms with Crippen LogP contribution in [0.25, 0.3) is 17.0 Å². The van der Waals surface area contributed by atoms with Crippen molar-refractivity contribution >= 4 is 21.5 Å². The fourth-order valence-corrected chi connectivity index (χ4v) is 2.07. The standard InChI is InChI=1S/C16H15BrN2O2/c1-4-12(6-5-11(2)20-3)15-10-19-16(21-15)13-7-8-18-9-14(13)17/h4-10H,2H2,1,3H3. The monoisotopic (exact) mass is 346 g/mol. The number of rotatable bonds is 5. The van der Waals surface area contributed by atoms with Crippen LogP contribution in [0.2, 0.25) is 0 Å². The minimum absolute atomic E-state index is 0.539. The van der Waals surface area contributed by atoms with Crippen molar-refractivity contribution in [2.75, 3.05) is 7.11 Å². The van der Waals surface area contributed by atoms with E-state index >= 15 is 0 Å². The summed E-state index contributed by atoms with van der Waals surface area (Å²) in [6.45, 7) is 5.67. The van der Waals surface area contributed by atoms with Gasteiger partial charge in [0.05, 0.1) is 18.9 Å². The molecule has 4 nitrogen and oxygen atoms in total. The molecule has 2 aromatic heterocycles. The quantitative estimate of drug-likeness (QED) is 0.585. The SMILES string of the molecule is C=C(C=CC(=CC)c1cnc(-c2ccncc2Br)o1)OC. The van der Waals surface area contributed by atoms with Crippen LogP contribution in [-0.2, 0) is 4.74 Å². The Hall–Kier alpha value is -2.14. The number of oxazole rings is 1. The average Bonchev–Trinajstić information content (AvgIpc) is 2.97. The second kappa shape index (κ2) is 7.04. The Labute approximate surface area is 132 Å². The second-order valence-electron chi connectivity index (χ2n) is 4.13. The first-order valence-electron chi connectivity index (χ1n) is 6.29. The van der Waals surface area contributed by atoms with E-state index in [1.54, 1.807) is 31.8 Å². The van der Waals surface area contributed by atoms with E-state index in [0.29, 0.717) is 17.4 Å². The zero-order valence-corrected chi connectivity index (χ0v) is 13.4. The molecule has 0 fully saturated rings. The number of hydrogen-bond acceptors (Lipinski definition) is 4. The third-order valence-electron chi connectivity index (χ3n) is 2.82. The molecule has 0 saturated carbocycles. The Morgan fingerprint density at radius 1 is 1.38 bits per heavy atom. The summed E-state index contributed by atoms with van der Waals surface area (Å²) in [4.78, 5) is 8.33. The van der Waals surface area contributed by atoms with Gasteiger partial charge in [0.25, 0.3) is 0 Å². The van der Waals surface area contributed by atoms with Crippen molar-refractivity contribution < 1.29 is 9.15 Å². The van der Waals surface area contributed by atoms with Crippen molar-refractivity contribution in [3.05, 3.63) is 65.5 Å². The summed E-state index contributed by atoms with van der Waals surface area (Å²) in [5.41, 5.74) is 1.76. The molecule has 0 aliphatic heterocycles. The van der Waals surface area contributed by atoms with Gasteiger partial charge < -0.3 is 9.15 Å². The Kier molecular flexibility index (Phi) is 5.11. The van der Waals surface area contributed by atoms with Crippen LogP contribution >= 0.6 is 15.9 Å². The van der Waals surface area contributed by atoms with E-state index in [0.717, 1.165) is 15.6 Å². The summed E-state index contributed by atoms with van der Waals surface area (Å²) in [6, 6.07) is 1.84. The molecular formula is C16H15BrN2O2. The molecule has 0 radical (unpaired) electrons. The Balaban J connectivity index is 2.29. The van der Waals surface area contributed by atoms with Crippen LogP contribution in [0.15, 0.2) is 64.1 Å². The molecule has 21 heavy (non-hydrogen) atoms. The minimum Gasteiger partial charge on any atom is -0.497 e. The molecule has 0 N–H and O–H groups in total. The number of allylic oxidation sites excluding steroid dienone is 4. The van der Waals surface area contributed by atoms with Gasteiger partial charge in [0, 0.05) is 22.4 Å². The number of pyridine rings is 1. The van der Waals surface area contributed by atoms with E-state index < -0.39 is 0 Å². The summed E-state index contributed by atoms with van der Waals surface area (Å²) < 4.78 is 11.7. The van der Waals surface area contributed by atoms with Crippen molar-refractivity contribution in [3.8, 4) is 11.5 Å². The molecule has 2 aromatic rings. The fraction of sp³-hybridized carbons (Fsp3) is 0.125. The molecule has 0 atom stereocenters. The minimum atomic E-state index is 0.539. The lowest BCUT2D eigenvalue weighted by Crippen LogP contribution is -1.81. The maximum absolute atomic E-state index is 5.81. The van der Waals surface area contributed by atoms with Gasteiger partial charge in [-0.1, -0.05) is 12.7 Å². The number of ether oxygens (including phenoxy) is 1. The normalized spacial score (nSPS) is 11.9. The highest BCUT2D eigenvalue weighted by Gasteiger charge is 2.11. The molecular weight excluding hydrogens is 332 g/mol. The molecule has 0 aromatic carbocycles. The van der Waals surface area contributed by atoms with Crippen molar-refractivity contribution in [1.82, 2.24) is 9.97 Å². The van der Waals surface area contributed by atoms with Gasteiger partial charge in [-0.3, -0.25) is 4.98 Å². The van der Waals surface area contributed by atoms with Crippen LogP contribution in [0.5, 0.6) is 0 Å². The summed E-state index contributed by atoms with van der Waals surface area (Å²) >= 11 is 3.44. The Morgan fingerprint density at radius 2 is 2.19 bits per heavy atom. The molecule has 0 saturated heterocycles. The fourth-order valence-electron chi connectivity index (χ4n) is 1.65. The lowest BCUT2D eigenvalue weighted by molar-refractivity contribution is 0.309. The van der Waals surface area contributed by atoms with E-state index in [9.17, 15) is 0 Å². The van der Waals surface area contributed by atoms with Crippen LogP contribution in [0, 0.1) is 0 Å². The predicted molar refractivity (Wildman–Crippen MR) is 86.4 cm³/mol. The van der Waals surface area contributed by atoms with Gasteiger partial charge in [-0.25, -0.2) is 4.98 Å². The molecule has 0 aliphatic carbocycles. The van der Waals surface area contributed by atoms with Gasteiger partial charge in [-0.2, -0.15) is 0 Å². The number of methoxy groups -OCH3 is 1. The summed E-state index contributed by atoms with van der Waals surface area (Å²) in [6.07, 6.45) is 10.7. The number of halogens is 1. The number of aromatic nitrogens is 2. The first-order valence-corrected chi connectivity index (χ1v) is 7.08. The van der Waals surface area contributed by atoms with Crippen molar-refractivity contribution in [2.24, 2.45) is 0 Å². The van der Waals surface area contributed by atoms with Crippen LogP contribution in [0.1, 0.15) is 12.7 Å². The first-order chi connectivity index (χ1) is 10.2. The molecule has 5 heteroatoms. The van der Waals surface area contributed by atoms with Crippen molar-refractivity contribution in [2.45, 2.75) is 6.92 Å². The highest BCUT2D eigenvalue weighted by Crippen LogP contribution is 2.28. The van der Waals surface area contributed by atoms with Gasteiger partial charge in [0.1, 0.15) is 5.76 Å². The van der Waals surface area contributed by atoms with Gasteiger partial charge in [-0.05, 0) is 41.1 Å². The topological polar surface area (TPSA) is 48.2 Å². The smallest absolute Gasteiger partial charge is 0.227 e. The van der Waals surface area contributed by atoms with Crippen molar-refractivity contribution in [1.29, 1.82) is 0 Å². The van der Waals surface area contributed by atoms with Crippen LogP contribution < -0.4 is 0 Å². The van der Waals surface area contributed by atoms with E-state index in [-0.39, 0.29) is 0 Å².